The molecule has 4 aromatic carbocycles. The number of aromatic nitrogens is 1. The zero-order valence-electron chi connectivity index (χ0n) is 15.3. The average Bonchev–Trinajstić information content (AvgIpc) is 3.10. The van der Waals surface area contributed by atoms with Gasteiger partial charge in [-0.1, -0.05) is 32.8 Å². The molecule has 0 saturated heterocycles. The van der Waals surface area contributed by atoms with Gasteiger partial charge >= 0.3 is 0 Å². The van der Waals surface area contributed by atoms with E-state index in [4.69, 9.17) is 78.5 Å². The van der Waals surface area contributed by atoms with Crippen molar-refractivity contribution >= 4 is 176 Å². The zero-order valence-corrected chi connectivity index (χ0v) is 15.3. The quantitative estimate of drug-likeness (QED) is 0.213. The van der Waals surface area contributed by atoms with E-state index in [0.29, 0.717) is 43.4 Å². The van der Waals surface area contributed by atoms with Gasteiger partial charge in [-0.2, -0.15) is 0 Å². The Morgan fingerprint density at radius 1 is 0.276 bits per heavy atom. The second-order valence-electron chi connectivity index (χ2n) is 7.26. The first-order valence-corrected chi connectivity index (χ1v) is 8.64. The largest absolute Gasteiger partial charge is 0.355 e. The van der Waals surface area contributed by atoms with Gasteiger partial charge in [0.15, 0.2) is 0 Å². The van der Waals surface area contributed by atoms with Gasteiger partial charge < -0.3 is 4.98 Å². The summed E-state index contributed by atoms with van der Waals surface area (Å²) in [4.78, 5) is 3.21. The zero-order chi connectivity index (χ0) is 21.1. The minimum atomic E-state index is 0.140. The summed E-state index contributed by atoms with van der Waals surface area (Å²) in [5, 5.41) is 3.38. The van der Waals surface area contributed by atoms with Crippen molar-refractivity contribution in [2.24, 2.45) is 0 Å². The van der Waals surface area contributed by atoms with Crippen LogP contribution in [0.1, 0.15) is 0 Å². The van der Waals surface area contributed by atoms with Gasteiger partial charge in [-0.25, -0.2) is 0 Å². The fourth-order valence-electron chi connectivity index (χ4n) is 4.37. The van der Waals surface area contributed by atoms with Crippen LogP contribution in [0, 0.1) is 0 Å². The maximum atomic E-state index is 6.39. The monoisotopic (exact) mass is 341 g/mol. The van der Waals surface area contributed by atoms with Crippen LogP contribution in [0.15, 0.2) is 0 Å². The molecule has 1 N–H and O–H groups in total. The molecule has 0 saturated carbocycles. The molecule has 108 valence electrons. The Hall–Kier alpha value is -1.89. The van der Waals surface area contributed by atoms with Crippen molar-refractivity contribution < 1.29 is 0 Å². The van der Waals surface area contributed by atoms with Crippen molar-refractivity contribution in [3.05, 3.63) is 0 Å². The first-order chi connectivity index (χ1) is 13.6. The molecule has 1 aromatic heterocycles. The number of rotatable bonds is 0. The van der Waals surface area contributed by atoms with Crippen LogP contribution in [0.25, 0.3) is 43.4 Å². The summed E-state index contributed by atoms with van der Waals surface area (Å²) in [6, 6.07) is 0. The molecule has 0 atom stereocenters. The van der Waals surface area contributed by atoms with Crippen molar-refractivity contribution in [2.75, 3.05) is 0 Å². The lowest BCUT2D eigenvalue weighted by Gasteiger charge is -2.24. The van der Waals surface area contributed by atoms with E-state index < -0.39 is 0 Å². The fourth-order valence-corrected chi connectivity index (χ4v) is 4.37. The average molecular weight is 339 g/mol. The van der Waals surface area contributed by atoms with Crippen LogP contribution in [0.2, 0.25) is 0 Å². The molecule has 29 heavy (non-hydrogen) atoms. The summed E-state index contributed by atoms with van der Waals surface area (Å²) in [5.74, 6) is 0. The molecule has 11 heteroatoms. The highest BCUT2D eigenvalue weighted by Gasteiger charge is 2.24. The third-order valence-electron chi connectivity index (χ3n) is 5.90. The lowest BCUT2D eigenvalue weighted by Crippen LogP contribution is -2.49. The van der Waals surface area contributed by atoms with Gasteiger partial charge in [0.1, 0.15) is 78.5 Å². The van der Waals surface area contributed by atoms with Crippen molar-refractivity contribution in [3.8, 4) is 0 Å². The molecule has 0 unspecified atom stereocenters. The van der Waals surface area contributed by atoms with Gasteiger partial charge in [0, 0.05) is 21.8 Å². The lowest BCUT2D eigenvalue weighted by atomic mass is 9.60. The molecule has 1 nitrogen and oxygen atoms in total. The Kier molecular flexibility index (Phi) is 3.84. The Balaban J connectivity index is 2.39. The third kappa shape index (κ3) is 2.05. The van der Waals surface area contributed by atoms with E-state index in [9.17, 15) is 0 Å². The molecule has 0 spiro atoms. The van der Waals surface area contributed by atoms with Gasteiger partial charge in [-0.15, -0.1) is 21.9 Å². The summed E-state index contributed by atoms with van der Waals surface area (Å²) in [7, 11) is 62.7. The number of hydrogen-bond donors (Lipinski definition) is 1. The van der Waals surface area contributed by atoms with Crippen molar-refractivity contribution in [1.29, 1.82) is 0 Å². The molecule has 5 aromatic rings. The first-order valence-electron chi connectivity index (χ1n) is 8.64. The maximum absolute atomic E-state index is 6.39. The molecular formula is C18HB10N. The SMILES string of the molecule is [B]c1c([B])c([B])c2c(c1[B])c1c([B])c([B])c([B])c3[nH]c4c([B])c([B])c([B])c2c4c31. The van der Waals surface area contributed by atoms with Gasteiger partial charge in [-0.05, 0) is 21.5 Å². The molecule has 0 amide bonds. The molecule has 5 rings (SSSR count). The van der Waals surface area contributed by atoms with E-state index in [0.717, 1.165) is 0 Å². The molecule has 0 fully saturated rings. The maximum Gasteiger partial charge on any atom is 0.115 e. The normalized spacial score (nSPS) is 12.1. The first kappa shape index (κ1) is 19.1. The Bertz CT molecular complexity index is 1440. The predicted octanol–water partition coefficient (Wildman–Crippen LogP) is -7.00. The van der Waals surface area contributed by atoms with E-state index in [-0.39, 0.29) is 54.6 Å². The second kappa shape index (κ2) is 5.84. The number of aromatic amines is 1. The van der Waals surface area contributed by atoms with Gasteiger partial charge in [0.05, 0.1) is 0 Å². The molecule has 0 aliphatic heterocycles. The molecule has 1 heterocycles. The minimum Gasteiger partial charge on any atom is -0.355 e. The fraction of sp³-hybridized carbons (Fsp3) is 0. The Labute approximate surface area is 181 Å². The van der Waals surface area contributed by atoms with Crippen molar-refractivity contribution in [2.45, 2.75) is 0 Å². The number of fused-ring (bicyclic) bond motifs is 3. The topological polar surface area (TPSA) is 15.8 Å². The lowest BCUT2D eigenvalue weighted by molar-refractivity contribution is 1.59. The van der Waals surface area contributed by atoms with Gasteiger partial charge in [-0.3, -0.25) is 0 Å². The van der Waals surface area contributed by atoms with Gasteiger partial charge in [0.2, 0.25) is 0 Å². The summed E-state index contributed by atoms with van der Waals surface area (Å²) in [6.45, 7) is 0. The van der Waals surface area contributed by atoms with Crippen LogP contribution in [-0.2, 0) is 0 Å². The van der Waals surface area contributed by atoms with Crippen LogP contribution in [0.3, 0.4) is 0 Å². The van der Waals surface area contributed by atoms with Gasteiger partial charge in [0.25, 0.3) is 0 Å². The number of benzene rings is 4. The third-order valence-corrected chi connectivity index (χ3v) is 5.90. The summed E-state index contributed by atoms with van der Waals surface area (Å²) in [6.07, 6.45) is 0. The smallest absolute Gasteiger partial charge is 0.115 e. The highest BCUT2D eigenvalue weighted by molar-refractivity contribution is 6.74. The molecular weight excluding hydrogens is 338 g/mol. The summed E-state index contributed by atoms with van der Waals surface area (Å²) < 4.78 is 0. The second-order valence-corrected chi connectivity index (χ2v) is 7.26. The molecule has 0 bridgehead atoms. The van der Waals surface area contributed by atoms with Crippen LogP contribution < -0.4 is 54.6 Å². The number of hydrogen-bond acceptors (Lipinski definition) is 0. The van der Waals surface area contributed by atoms with E-state index >= 15 is 0 Å². The standard InChI is InChI=1S/C18HB10N/c19-7-1-2(8(20)12(24)11(7)23)4-6-5-3(1)9(21)13(25)15(27)17(5)29-18(6)16(28)14(26)10(4)22/h29H. The minimum absolute atomic E-state index is 0.140. The van der Waals surface area contributed by atoms with E-state index in [2.05, 4.69) is 4.98 Å². The molecule has 0 aliphatic rings. The Morgan fingerprint density at radius 2 is 0.517 bits per heavy atom. The number of H-pyrrole nitrogens is 1. The molecule has 20 radical (unpaired) electrons. The molecule has 0 aliphatic carbocycles. The number of nitrogens with one attached hydrogen (secondary N) is 1. The van der Waals surface area contributed by atoms with E-state index in [1.165, 1.54) is 0 Å². The van der Waals surface area contributed by atoms with Crippen molar-refractivity contribution in [1.82, 2.24) is 4.98 Å². The van der Waals surface area contributed by atoms with Crippen molar-refractivity contribution in [3.63, 3.8) is 0 Å². The Morgan fingerprint density at radius 3 is 0.828 bits per heavy atom. The van der Waals surface area contributed by atoms with Crippen LogP contribution in [0.4, 0.5) is 0 Å². The highest BCUT2D eigenvalue weighted by Crippen LogP contribution is 2.35. The van der Waals surface area contributed by atoms with Crippen LogP contribution >= 0.6 is 0 Å². The summed E-state index contributed by atoms with van der Waals surface area (Å²) >= 11 is 0. The van der Waals surface area contributed by atoms with E-state index in [1.807, 2.05) is 0 Å². The van der Waals surface area contributed by atoms with Crippen LogP contribution in [-0.4, -0.2) is 83.4 Å². The summed E-state index contributed by atoms with van der Waals surface area (Å²) in [5.41, 5.74) is 3.20. The predicted molar refractivity (Wildman–Crippen MR) is 136 cm³/mol. The highest BCUT2D eigenvalue weighted by atomic mass is 14.7. The van der Waals surface area contributed by atoms with E-state index in [1.54, 1.807) is 0 Å². The van der Waals surface area contributed by atoms with Crippen LogP contribution in [0.5, 0.6) is 0 Å².